The van der Waals surface area contributed by atoms with Crippen molar-refractivity contribution in [2.24, 2.45) is 0 Å². The maximum atomic E-state index is 13.0. The van der Waals surface area contributed by atoms with Crippen molar-refractivity contribution in [2.45, 2.75) is 31.5 Å². The van der Waals surface area contributed by atoms with Gasteiger partial charge >= 0.3 is 5.69 Å². The summed E-state index contributed by atoms with van der Waals surface area (Å²) < 4.78 is 8.03. The van der Waals surface area contributed by atoms with E-state index >= 15 is 0 Å². The Balaban J connectivity index is 1.63. The molecule has 1 fully saturated rings. The van der Waals surface area contributed by atoms with Crippen molar-refractivity contribution in [2.75, 3.05) is 43.2 Å². The monoisotopic (exact) mass is 485 g/mol. The highest BCUT2D eigenvalue weighted by molar-refractivity contribution is 7.99. The zero-order valence-corrected chi connectivity index (χ0v) is 19.9. The van der Waals surface area contributed by atoms with Crippen LogP contribution in [-0.4, -0.2) is 62.7 Å². The van der Waals surface area contributed by atoms with Crippen molar-refractivity contribution in [3.05, 3.63) is 56.2 Å². The Morgan fingerprint density at radius 3 is 2.56 bits per heavy atom. The van der Waals surface area contributed by atoms with Gasteiger partial charge in [0.1, 0.15) is 11.4 Å². The van der Waals surface area contributed by atoms with E-state index in [9.17, 15) is 14.4 Å². The lowest BCUT2D eigenvalue weighted by Crippen LogP contribution is -2.37. The fourth-order valence-electron chi connectivity index (χ4n) is 3.86. The molecule has 3 N–H and O–H groups in total. The average Bonchev–Trinajstić information content (AvgIpc) is 3.48. The summed E-state index contributed by atoms with van der Waals surface area (Å²) in [6.45, 7) is 4.12. The SMILES string of the molecule is COCCn1c(N)c(C(=O)CSc2nnc(N3CCCC3)n2-c2ccc(C)cc2)c(=O)[nH]c1=O. The van der Waals surface area contributed by atoms with Crippen molar-refractivity contribution < 1.29 is 9.53 Å². The number of nitrogens with one attached hydrogen (secondary N) is 1. The van der Waals surface area contributed by atoms with Crippen LogP contribution in [0.2, 0.25) is 0 Å². The molecular formula is C22H27N7O4S. The number of carbonyl (C=O) groups excluding carboxylic acids is 1. The number of aromatic nitrogens is 5. The molecule has 0 bridgehead atoms. The zero-order chi connectivity index (χ0) is 24.2. The fraction of sp³-hybridized carbons (Fsp3) is 0.409. The number of methoxy groups -OCH3 is 1. The second-order valence-electron chi connectivity index (χ2n) is 8.02. The molecule has 0 unspecified atom stereocenters. The van der Waals surface area contributed by atoms with Gasteiger partial charge in [-0.05, 0) is 31.9 Å². The molecule has 1 saturated heterocycles. The normalized spacial score (nSPS) is 13.5. The van der Waals surface area contributed by atoms with E-state index < -0.39 is 17.0 Å². The third-order valence-electron chi connectivity index (χ3n) is 5.67. The van der Waals surface area contributed by atoms with Crippen LogP contribution >= 0.6 is 11.8 Å². The van der Waals surface area contributed by atoms with Crippen LogP contribution in [0.3, 0.4) is 0 Å². The number of Topliss-reactive ketones (excluding diaryl/α,β-unsaturated/α-hetero) is 1. The highest BCUT2D eigenvalue weighted by Gasteiger charge is 2.24. The largest absolute Gasteiger partial charge is 0.384 e. The van der Waals surface area contributed by atoms with Crippen LogP contribution in [0, 0.1) is 6.92 Å². The number of nitrogens with zero attached hydrogens (tertiary/aromatic N) is 5. The van der Waals surface area contributed by atoms with Crippen LogP contribution in [-0.2, 0) is 11.3 Å². The van der Waals surface area contributed by atoms with Gasteiger partial charge in [0, 0.05) is 20.2 Å². The molecule has 1 aliphatic rings. The predicted molar refractivity (Wildman–Crippen MR) is 130 cm³/mol. The lowest BCUT2D eigenvalue weighted by Gasteiger charge is -2.18. The van der Waals surface area contributed by atoms with Crippen LogP contribution in [0.5, 0.6) is 0 Å². The molecule has 180 valence electrons. The summed E-state index contributed by atoms with van der Waals surface area (Å²) in [5.74, 6) is -0.0493. The molecule has 3 heterocycles. The van der Waals surface area contributed by atoms with Crippen LogP contribution in [0.4, 0.5) is 11.8 Å². The summed E-state index contributed by atoms with van der Waals surface area (Å²) in [4.78, 5) is 41.8. The van der Waals surface area contributed by atoms with Gasteiger partial charge in [-0.3, -0.25) is 23.7 Å². The number of carbonyl (C=O) groups is 1. The van der Waals surface area contributed by atoms with E-state index in [4.69, 9.17) is 10.5 Å². The van der Waals surface area contributed by atoms with Crippen molar-refractivity contribution in [1.82, 2.24) is 24.3 Å². The van der Waals surface area contributed by atoms with E-state index in [-0.39, 0.29) is 30.3 Å². The minimum Gasteiger partial charge on any atom is -0.384 e. The second-order valence-corrected chi connectivity index (χ2v) is 8.97. The smallest absolute Gasteiger partial charge is 0.330 e. The lowest BCUT2D eigenvalue weighted by molar-refractivity contribution is 0.102. The number of ether oxygens (including phenoxy) is 1. The molecule has 0 spiro atoms. The summed E-state index contributed by atoms with van der Waals surface area (Å²) >= 11 is 1.17. The van der Waals surface area contributed by atoms with Crippen LogP contribution < -0.4 is 21.9 Å². The highest BCUT2D eigenvalue weighted by atomic mass is 32.2. The van der Waals surface area contributed by atoms with Gasteiger partial charge < -0.3 is 15.4 Å². The summed E-state index contributed by atoms with van der Waals surface area (Å²) in [5, 5.41) is 9.26. The second kappa shape index (κ2) is 10.3. The molecule has 11 nitrogen and oxygen atoms in total. The number of aromatic amines is 1. The van der Waals surface area contributed by atoms with Gasteiger partial charge in [0.05, 0.1) is 24.6 Å². The van der Waals surface area contributed by atoms with Crippen molar-refractivity contribution in [3.63, 3.8) is 0 Å². The van der Waals surface area contributed by atoms with Gasteiger partial charge in [0.25, 0.3) is 5.56 Å². The van der Waals surface area contributed by atoms with E-state index in [2.05, 4.69) is 20.1 Å². The van der Waals surface area contributed by atoms with Gasteiger partial charge in [-0.2, -0.15) is 0 Å². The highest BCUT2D eigenvalue weighted by Crippen LogP contribution is 2.29. The lowest BCUT2D eigenvalue weighted by atomic mass is 10.2. The standard InChI is InChI=1S/C22H27N7O4S/c1-14-5-7-15(8-6-14)29-20(27-9-3-4-10-27)25-26-22(29)34-13-16(30)17-18(23)28(11-12-33-2)21(32)24-19(17)31/h5-8H,3-4,9-13,23H2,1-2H3,(H,24,31,32). The molecule has 1 aromatic carbocycles. The maximum Gasteiger partial charge on any atom is 0.330 e. The number of benzene rings is 1. The van der Waals surface area contributed by atoms with Gasteiger partial charge in [-0.15, -0.1) is 10.2 Å². The van der Waals surface area contributed by atoms with Crippen molar-refractivity contribution in [1.29, 1.82) is 0 Å². The molecule has 0 atom stereocenters. The number of ketones is 1. The first-order valence-electron chi connectivity index (χ1n) is 11.0. The van der Waals surface area contributed by atoms with Gasteiger partial charge in [-0.25, -0.2) is 4.79 Å². The minimum absolute atomic E-state index is 0.0975. The van der Waals surface area contributed by atoms with Crippen LogP contribution in [0.1, 0.15) is 28.8 Å². The van der Waals surface area contributed by atoms with E-state index in [0.29, 0.717) is 5.16 Å². The summed E-state index contributed by atoms with van der Waals surface area (Å²) in [5.41, 5.74) is 6.31. The van der Waals surface area contributed by atoms with Crippen molar-refractivity contribution >= 4 is 29.3 Å². The molecule has 3 aromatic rings. The van der Waals surface area contributed by atoms with Gasteiger partial charge in [0.2, 0.25) is 5.95 Å². The van der Waals surface area contributed by atoms with Crippen LogP contribution in [0.25, 0.3) is 5.69 Å². The number of aryl methyl sites for hydroxylation is 1. The first kappa shape index (κ1) is 23.8. The molecule has 0 saturated carbocycles. The Morgan fingerprint density at radius 2 is 1.88 bits per heavy atom. The zero-order valence-electron chi connectivity index (χ0n) is 19.1. The van der Waals surface area contributed by atoms with E-state index in [1.165, 1.54) is 18.9 Å². The van der Waals surface area contributed by atoms with Crippen LogP contribution in [0.15, 0.2) is 39.0 Å². The van der Waals surface area contributed by atoms with Gasteiger partial charge in [0.15, 0.2) is 10.9 Å². The molecular weight excluding hydrogens is 458 g/mol. The van der Waals surface area contributed by atoms with E-state index in [0.717, 1.165) is 47.7 Å². The molecule has 0 radical (unpaired) electrons. The Labute approximate surface area is 199 Å². The van der Waals surface area contributed by atoms with Crippen molar-refractivity contribution in [3.8, 4) is 5.69 Å². The molecule has 1 aliphatic heterocycles. The molecule has 2 aromatic heterocycles. The van der Waals surface area contributed by atoms with Gasteiger partial charge in [-0.1, -0.05) is 29.5 Å². The van der Waals surface area contributed by atoms with E-state index in [1.807, 2.05) is 35.8 Å². The fourth-order valence-corrected chi connectivity index (χ4v) is 4.68. The first-order valence-corrected chi connectivity index (χ1v) is 11.9. The third kappa shape index (κ3) is 4.77. The van der Waals surface area contributed by atoms with E-state index in [1.54, 1.807) is 0 Å². The number of hydrogen-bond acceptors (Lipinski definition) is 9. The minimum atomic E-state index is -0.806. The number of nitrogens with two attached hydrogens (primary N) is 1. The average molecular weight is 486 g/mol. The Hall–Kier alpha value is -3.38. The summed E-state index contributed by atoms with van der Waals surface area (Å²) in [7, 11) is 1.48. The summed E-state index contributed by atoms with van der Waals surface area (Å²) in [6.07, 6.45) is 2.17. The topological polar surface area (TPSA) is 141 Å². The third-order valence-corrected chi connectivity index (χ3v) is 6.60. The summed E-state index contributed by atoms with van der Waals surface area (Å²) in [6, 6.07) is 7.98. The molecule has 4 rings (SSSR count). The molecule has 0 amide bonds. The molecule has 12 heteroatoms. The number of thioether (sulfide) groups is 1. The number of rotatable bonds is 9. The quantitative estimate of drug-likeness (QED) is 0.338. The Kier molecular flexibility index (Phi) is 7.17. The number of hydrogen-bond donors (Lipinski definition) is 2. The number of nitrogen functional groups attached to an aromatic ring is 1. The Morgan fingerprint density at radius 1 is 1.18 bits per heavy atom. The number of anilines is 2. The Bertz CT molecular complexity index is 1290. The predicted octanol–water partition coefficient (Wildman–Crippen LogP) is 1.23. The molecule has 34 heavy (non-hydrogen) atoms. The first-order chi connectivity index (χ1) is 16.4. The maximum absolute atomic E-state index is 13.0. The molecule has 0 aliphatic carbocycles. The number of H-pyrrole nitrogens is 1.